The van der Waals surface area contributed by atoms with Crippen molar-refractivity contribution >= 4 is 22.4 Å². The Morgan fingerprint density at radius 2 is 2.31 bits per heavy atom. The fourth-order valence-electron chi connectivity index (χ4n) is 1.46. The monoisotopic (exact) mass is 242 g/mol. The first kappa shape index (κ1) is 13.0. The molecule has 0 aliphatic rings. The third kappa shape index (κ3) is 3.20. The zero-order valence-corrected chi connectivity index (χ0v) is 11.0. The van der Waals surface area contributed by atoms with Gasteiger partial charge in [-0.15, -0.1) is 11.3 Å². The second-order valence-electron chi connectivity index (χ2n) is 3.75. The molecular formula is C11H18N2O2S. The average Bonchev–Trinajstić information content (AvgIpc) is 2.58. The fraction of sp³-hybridized carbons (Fsp3) is 0.636. The molecule has 0 amide bonds. The molecule has 16 heavy (non-hydrogen) atoms. The molecule has 0 radical (unpaired) electrons. The quantitative estimate of drug-likeness (QED) is 0.807. The Hall–Kier alpha value is -1.10. The van der Waals surface area contributed by atoms with Crippen LogP contribution in [-0.4, -0.2) is 24.1 Å². The molecule has 0 bridgehead atoms. The maximum atomic E-state index is 11.4. The lowest BCUT2D eigenvalue weighted by atomic mass is 10.2. The first-order valence-corrected chi connectivity index (χ1v) is 6.22. The van der Waals surface area contributed by atoms with Gasteiger partial charge in [-0.25, -0.2) is 9.78 Å². The lowest BCUT2D eigenvalue weighted by molar-refractivity contribution is 0.0594. The van der Waals surface area contributed by atoms with E-state index in [1.54, 1.807) is 0 Å². The molecular weight excluding hydrogens is 224 g/mol. The number of nitrogens with zero attached hydrogens (tertiary/aromatic N) is 1. The summed E-state index contributed by atoms with van der Waals surface area (Å²) in [5, 5.41) is 4.07. The molecule has 1 N–H and O–H groups in total. The lowest BCUT2D eigenvalue weighted by Gasteiger charge is -2.10. The van der Waals surface area contributed by atoms with Crippen LogP contribution in [0.3, 0.4) is 0 Å². The van der Waals surface area contributed by atoms with Crippen molar-refractivity contribution in [2.24, 2.45) is 0 Å². The molecule has 90 valence electrons. The van der Waals surface area contributed by atoms with Crippen LogP contribution in [0.25, 0.3) is 0 Å². The predicted molar refractivity (Wildman–Crippen MR) is 66.2 cm³/mol. The molecule has 0 aliphatic carbocycles. The number of nitrogens with one attached hydrogen (secondary N) is 1. The number of hydrogen-bond donors (Lipinski definition) is 1. The Balaban J connectivity index is 2.73. The van der Waals surface area contributed by atoms with Gasteiger partial charge in [0.1, 0.15) is 0 Å². The van der Waals surface area contributed by atoms with Gasteiger partial charge in [0.15, 0.2) is 10.8 Å². The van der Waals surface area contributed by atoms with Gasteiger partial charge < -0.3 is 10.1 Å². The Labute approximate surface area is 100 Å². The van der Waals surface area contributed by atoms with Gasteiger partial charge in [-0.2, -0.15) is 0 Å². The molecule has 5 heteroatoms. The van der Waals surface area contributed by atoms with Gasteiger partial charge in [-0.1, -0.05) is 13.3 Å². The summed E-state index contributed by atoms with van der Waals surface area (Å²) in [7, 11) is 1.37. The molecule has 0 spiro atoms. The summed E-state index contributed by atoms with van der Waals surface area (Å²) in [5.74, 6) is -0.370. The van der Waals surface area contributed by atoms with Gasteiger partial charge in [0.05, 0.1) is 7.11 Å². The third-order valence-corrected chi connectivity index (χ3v) is 3.17. The summed E-state index contributed by atoms with van der Waals surface area (Å²) in [6.07, 6.45) is 2.22. The molecule has 1 aromatic heterocycles. The van der Waals surface area contributed by atoms with E-state index in [0.29, 0.717) is 11.7 Å². The van der Waals surface area contributed by atoms with Crippen LogP contribution in [-0.2, 0) is 4.74 Å². The number of anilines is 1. The number of carbonyl (C=O) groups excluding carboxylic acids is 1. The van der Waals surface area contributed by atoms with Gasteiger partial charge in [0, 0.05) is 10.9 Å². The molecule has 1 heterocycles. The van der Waals surface area contributed by atoms with Crippen LogP contribution in [0.4, 0.5) is 5.13 Å². The van der Waals surface area contributed by atoms with Crippen LogP contribution in [0.15, 0.2) is 0 Å². The highest BCUT2D eigenvalue weighted by molar-refractivity contribution is 7.15. The second kappa shape index (κ2) is 5.84. The molecule has 4 nitrogen and oxygen atoms in total. The second-order valence-corrected chi connectivity index (χ2v) is 4.95. The Morgan fingerprint density at radius 3 is 2.88 bits per heavy atom. The number of ether oxygens (including phenoxy) is 1. The normalized spacial score (nSPS) is 12.2. The number of carbonyl (C=O) groups is 1. The summed E-state index contributed by atoms with van der Waals surface area (Å²) < 4.78 is 4.66. The zero-order chi connectivity index (χ0) is 12.1. The van der Waals surface area contributed by atoms with E-state index in [4.69, 9.17) is 0 Å². The molecule has 1 atom stereocenters. The molecule has 0 fully saturated rings. The van der Waals surface area contributed by atoms with E-state index in [9.17, 15) is 4.79 Å². The largest absolute Gasteiger partial charge is 0.464 e. The van der Waals surface area contributed by atoms with Crippen molar-refractivity contribution in [3.05, 3.63) is 10.6 Å². The molecule has 0 aliphatic heterocycles. The lowest BCUT2D eigenvalue weighted by Crippen LogP contribution is -2.14. The number of aryl methyl sites for hydroxylation is 1. The van der Waals surface area contributed by atoms with E-state index < -0.39 is 0 Å². The van der Waals surface area contributed by atoms with E-state index in [0.717, 1.165) is 22.9 Å². The molecule has 0 saturated heterocycles. The summed E-state index contributed by atoms with van der Waals surface area (Å²) in [4.78, 5) is 16.5. The molecule has 0 saturated carbocycles. The predicted octanol–water partition coefficient (Wildman–Crippen LogP) is 2.84. The number of methoxy groups -OCH3 is 1. The first-order valence-electron chi connectivity index (χ1n) is 5.40. The maximum Gasteiger partial charge on any atom is 0.357 e. The number of aromatic nitrogens is 1. The average molecular weight is 242 g/mol. The van der Waals surface area contributed by atoms with E-state index in [2.05, 4.69) is 28.9 Å². The minimum Gasteiger partial charge on any atom is -0.464 e. The highest BCUT2D eigenvalue weighted by Crippen LogP contribution is 2.23. The van der Waals surface area contributed by atoms with Crippen molar-refractivity contribution in [2.75, 3.05) is 12.4 Å². The van der Waals surface area contributed by atoms with E-state index >= 15 is 0 Å². The van der Waals surface area contributed by atoms with E-state index in [1.807, 2.05) is 6.92 Å². The van der Waals surface area contributed by atoms with Crippen LogP contribution in [0.5, 0.6) is 0 Å². The van der Waals surface area contributed by atoms with Crippen LogP contribution in [0.1, 0.15) is 42.1 Å². The number of hydrogen-bond acceptors (Lipinski definition) is 5. The van der Waals surface area contributed by atoms with Crippen LogP contribution in [0.2, 0.25) is 0 Å². The number of thiazole rings is 1. The SMILES string of the molecule is CCCC(C)Nc1nc(C(=O)OC)c(C)s1. The van der Waals surface area contributed by atoms with Gasteiger partial charge in [0.2, 0.25) is 0 Å². The fourth-order valence-corrected chi connectivity index (χ4v) is 2.37. The highest BCUT2D eigenvalue weighted by atomic mass is 32.1. The van der Waals surface area contributed by atoms with Gasteiger partial charge in [-0.3, -0.25) is 0 Å². The molecule has 0 aromatic carbocycles. The highest BCUT2D eigenvalue weighted by Gasteiger charge is 2.16. The van der Waals surface area contributed by atoms with Gasteiger partial charge in [-0.05, 0) is 20.3 Å². The van der Waals surface area contributed by atoms with Crippen molar-refractivity contribution in [1.82, 2.24) is 4.98 Å². The van der Waals surface area contributed by atoms with Crippen molar-refractivity contribution in [3.63, 3.8) is 0 Å². The third-order valence-electron chi connectivity index (χ3n) is 2.27. The smallest absolute Gasteiger partial charge is 0.357 e. The Kier molecular flexibility index (Phi) is 4.73. The van der Waals surface area contributed by atoms with Gasteiger partial charge in [0.25, 0.3) is 0 Å². The number of rotatable bonds is 5. The summed E-state index contributed by atoms with van der Waals surface area (Å²) in [5.41, 5.74) is 0.415. The number of esters is 1. The Morgan fingerprint density at radius 1 is 1.62 bits per heavy atom. The molecule has 1 aromatic rings. The topological polar surface area (TPSA) is 51.2 Å². The molecule has 1 unspecified atom stereocenters. The first-order chi connectivity index (χ1) is 7.58. The van der Waals surface area contributed by atoms with Crippen LogP contribution < -0.4 is 5.32 Å². The summed E-state index contributed by atoms with van der Waals surface area (Å²) >= 11 is 1.49. The zero-order valence-electron chi connectivity index (χ0n) is 10.2. The van der Waals surface area contributed by atoms with Crippen molar-refractivity contribution < 1.29 is 9.53 Å². The van der Waals surface area contributed by atoms with Crippen LogP contribution in [0, 0.1) is 6.92 Å². The van der Waals surface area contributed by atoms with Crippen molar-refractivity contribution in [1.29, 1.82) is 0 Å². The summed E-state index contributed by atoms with van der Waals surface area (Å²) in [6, 6.07) is 0.376. The van der Waals surface area contributed by atoms with E-state index in [-0.39, 0.29) is 5.97 Å². The Bertz CT molecular complexity index is 363. The minimum absolute atomic E-state index is 0.370. The van der Waals surface area contributed by atoms with E-state index in [1.165, 1.54) is 18.4 Å². The van der Waals surface area contributed by atoms with Crippen LogP contribution >= 0.6 is 11.3 Å². The maximum absolute atomic E-state index is 11.4. The standard InChI is InChI=1S/C11H18N2O2S/c1-5-6-7(2)12-11-13-9(8(3)16-11)10(14)15-4/h7H,5-6H2,1-4H3,(H,12,13). The van der Waals surface area contributed by atoms with Crippen molar-refractivity contribution in [3.8, 4) is 0 Å². The minimum atomic E-state index is -0.370. The van der Waals surface area contributed by atoms with Gasteiger partial charge >= 0.3 is 5.97 Å². The van der Waals surface area contributed by atoms with Crippen molar-refractivity contribution in [2.45, 2.75) is 39.7 Å². The summed E-state index contributed by atoms with van der Waals surface area (Å²) in [6.45, 7) is 6.13. The molecule has 1 rings (SSSR count).